The molecule has 1 aliphatic rings. The van der Waals surface area contributed by atoms with Crippen molar-refractivity contribution >= 4 is 34.8 Å². The van der Waals surface area contributed by atoms with E-state index in [4.69, 9.17) is 23.2 Å². The van der Waals surface area contributed by atoms with Gasteiger partial charge in [0.15, 0.2) is 0 Å². The van der Waals surface area contributed by atoms with Gasteiger partial charge in [0.1, 0.15) is 0 Å². The summed E-state index contributed by atoms with van der Waals surface area (Å²) in [6.07, 6.45) is 1.19. The number of carbonyl (C=O) groups excluding carboxylic acids is 1. The van der Waals surface area contributed by atoms with Crippen LogP contribution in [-0.4, -0.2) is 11.6 Å². The van der Waals surface area contributed by atoms with Crippen molar-refractivity contribution in [3.63, 3.8) is 0 Å². The van der Waals surface area contributed by atoms with Gasteiger partial charge in [-0.05, 0) is 57.6 Å². The second kappa shape index (κ2) is 9.84. The molecule has 5 heteroatoms. The third kappa shape index (κ3) is 4.77. The molecule has 0 aromatic heterocycles. The molecule has 5 rings (SSSR count). The largest absolute Gasteiger partial charge is 0.272 e. The number of fused-ring (bicyclic) bond motifs is 3. The number of amides is 1. The van der Waals surface area contributed by atoms with Crippen LogP contribution < -0.4 is 5.43 Å². The third-order valence-corrected chi connectivity index (χ3v) is 6.57. The number of hydrazone groups is 1. The van der Waals surface area contributed by atoms with Crippen LogP contribution in [0.3, 0.4) is 0 Å². The van der Waals surface area contributed by atoms with Gasteiger partial charge in [0, 0.05) is 28.6 Å². The highest BCUT2D eigenvalue weighted by atomic mass is 35.5. The van der Waals surface area contributed by atoms with Gasteiger partial charge in [0.25, 0.3) is 5.91 Å². The van der Waals surface area contributed by atoms with E-state index in [-0.39, 0.29) is 11.8 Å². The Kier molecular flexibility index (Phi) is 6.48. The number of carbonyl (C=O) groups is 1. The predicted molar refractivity (Wildman–Crippen MR) is 140 cm³/mol. The Morgan fingerprint density at radius 3 is 1.59 bits per heavy atom. The third-order valence-electron chi connectivity index (χ3n) is 6.06. The van der Waals surface area contributed by atoms with E-state index in [0.717, 1.165) is 39.1 Å². The van der Waals surface area contributed by atoms with Crippen molar-refractivity contribution in [1.29, 1.82) is 0 Å². The Bertz CT molecular complexity index is 1270. The van der Waals surface area contributed by atoms with Gasteiger partial charge in [0.05, 0.1) is 5.92 Å². The van der Waals surface area contributed by atoms with E-state index < -0.39 is 0 Å². The molecule has 34 heavy (non-hydrogen) atoms. The first-order valence-corrected chi connectivity index (χ1v) is 11.9. The van der Waals surface area contributed by atoms with Crippen LogP contribution in [0.5, 0.6) is 0 Å². The lowest BCUT2D eigenvalue weighted by molar-refractivity contribution is -0.121. The van der Waals surface area contributed by atoms with E-state index in [1.807, 2.05) is 84.9 Å². The summed E-state index contributed by atoms with van der Waals surface area (Å²) in [6.45, 7) is 0. The van der Waals surface area contributed by atoms with Crippen molar-refractivity contribution in [2.24, 2.45) is 5.10 Å². The summed E-state index contributed by atoms with van der Waals surface area (Å²) < 4.78 is 0. The summed E-state index contributed by atoms with van der Waals surface area (Å²) in [5, 5.41) is 5.97. The van der Waals surface area contributed by atoms with Gasteiger partial charge >= 0.3 is 0 Å². The van der Waals surface area contributed by atoms with Crippen molar-refractivity contribution in [3.8, 4) is 11.1 Å². The van der Waals surface area contributed by atoms with Crippen LogP contribution in [-0.2, 0) is 17.6 Å². The highest BCUT2D eigenvalue weighted by Gasteiger charge is 2.33. The maximum Gasteiger partial charge on any atom is 0.252 e. The van der Waals surface area contributed by atoms with E-state index in [1.54, 1.807) is 0 Å². The van der Waals surface area contributed by atoms with Gasteiger partial charge in [-0.3, -0.25) is 4.79 Å². The maximum atomic E-state index is 13.4. The minimum atomic E-state index is -0.386. The lowest BCUT2D eigenvalue weighted by atomic mass is 9.96. The number of nitrogens with one attached hydrogen (secondary N) is 1. The number of halogens is 2. The zero-order valence-electron chi connectivity index (χ0n) is 18.3. The predicted octanol–water partition coefficient (Wildman–Crippen LogP) is 7.06. The SMILES string of the molecule is O=C(NN=C(Cc1ccc(Cl)cc1)Cc1ccc(Cl)cc1)C1c2ccccc2-c2ccccc21. The van der Waals surface area contributed by atoms with Crippen LogP contribution in [0.25, 0.3) is 11.1 Å². The highest BCUT2D eigenvalue weighted by Crippen LogP contribution is 2.44. The summed E-state index contributed by atoms with van der Waals surface area (Å²) in [6, 6.07) is 31.5. The molecule has 4 aromatic rings. The summed E-state index contributed by atoms with van der Waals surface area (Å²) in [5.41, 5.74) is 10.1. The summed E-state index contributed by atoms with van der Waals surface area (Å²) in [5.74, 6) is -0.523. The maximum absolute atomic E-state index is 13.4. The van der Waals surface area contributed by atoms with Crippen molar-refractivity contribution in [2.45, 2.75) is 18.8 Å². The molecule has 168 valence electrons. The van der Waals surface area contributed by atoms with Gasteiger partial charge in [0.2, 0.25) is 0 Å². The molecule has 0 aliphatic heterocycles. The molecule has 0 fully saturated rings. The van der Waals surface area contributed by atoms with Crippen molar-refractivity contribution in [1.82, 2.24) is 5.43 Å². The molecule has 0 saturated carbocycles. The van der Waals surface area contributed by atoms with Gasteiger partial charge in [-0.15, -0.1) is 0 Å². The summed E-state index contributed by atoms with van der Waals surface area (Å²) in [7, 11) is 0. The molecular formula is C29H22Cl2N2O. The molecule has 0 spiro atoms. The van der Waals surface area contributed by atoms with Crippen molar-refractivity contribution < 1.29 is 4.79 Å². The summed E-state index contributed by atoms with van der Waals surface area (Å²) in [4.78, 5) is 13.4. The Morgan fingerprint density at radius 2 is 1.12 bits per heavy atom. The Hall–Kier alpha value is -3.40. The normalized spacial score (nSPS) is 12.1. The van der Waals surface area contributed by atoms with Crippen LogP contribution in [0, 0.1) is 0 Å². The average Bonchev–Trinajstić information content (AvgIpc) is 3.20. The molecule has 1 aliphatic carbocycles. The molecule has 4 aromatic carbocycles. The Labute approximate surface area is 209 Å². The smallest absolute Gasteiger partial charge is 0.252 e. The Morgan fingerprint density at radius 1 is 0.676 bits per heavy atom. The van der Waals surface area contributed by atoms with E-state index in [2.05, 4.69) is 22.7 Å². The molecule has 0 saturated heterocycles. The fourth-order valence-electron chi connectivity index (χ4n) is 4.45. The van der Waals surface area contributed by atoms with Crippen LogP contribution >= 0.6 is 23.2 Å². The number of hydrogen-bond acceptors (Lipinski definition) is 2. The average molecular weight is 485 g/mol. The number of nitrogens with zero attached hydrogens (tertiary/aromatic N) is 1. The van der Waals surface area contributed by atoms with Gasteiger partial charge in [-0.25, -0.2) is 5.43 Å². The quantitative estimate of drug-likeness (QED) is 0.231. The molecular weight excluding hydrogens is 463 g/mol. The topological polar surface area (TPSA) is 41.5 Å². The lowest BCUT2D eigenvalue weighted by Gasteiger charge is -2.13. The fourth-order valence-corrected chi connectivity index (χ4v) is 4.71. The van der Waals surface area contributed by atoms with Gasteiger partial charge in [-0.2, -0.15) is 5.10 Å². The number of hydrogen-bond donors (Lipinski definition) is 1. The zero-order valence-corrected chi connectivity index (χ0v) is 19.9. The molecule has 0 unspecified atom stereocenters. The van der Waals surface area contributed by atoms with E-state index in [1.165, 1.54) is 0 Å². The second-order valence-electron chi connectivity index (χ2n) is 8.37. The van der Waals surface area contributed by atoms with Crippen LogP contribution in [0.2, 0.25) is 10.0 Å². The van der Waals surface area contributed by atoms with E-state index >= 15 is 0 Å². The monoisotopic (exact) mass is 484 g/mol. The zero-order chi connectivity index (χ0) is 23.5. The van der Waals surface area contributed by atoms with Crippen LogP contribution in [0.4, 0.5) is 0 Å². The summed E-state index contributed by atoms with van der Waals surface area (Å²) >= 11 is 12.1. The molecule has 0 radical (unpaired) electrons. The minimum absolute atomic E-state index is 0.137. The molecule has 0 heterocycles. The van der Waals surface area contributed by atoms with Crippen LogP contribution in [0.1, 0.15) is 28.2 Å². The van der Waals surface area contributed by atoms with E-state index in [0.29, 0.717) is 22.9 Å². The Balaban J connectivity index is 1.42. The first-order valence-electron chi connectivity index (χ1n) is 11.1. The molecule has 3 nitrogen and oxygen atoms in total. The molecule has 0 bridgehead atoms. The number of rotatable bonds is 6. The van der Waals surface area contributed by atoms with Crippen LogP contribution in [0.15, 0.2) is 102 Å². The molecule has 0 atom stereocenters. The lowest BCUT2D eigenvalue weighted by Crippen LogP contribution is -2.27. The van der Waals surface area contributed by atoms with Gasteiger partial charge < -0.3 is 0 Å². The number of benzene rings is 4. The standard InChI is InChI=1S/C29H22Cl2N2O/c30-21-13-9-19(10-14-21)17-23(18-20-11-15-22(31)16-12-20)32-33-29(34)28-26-7-3-1-5-24(26)25-6-2-4-8-27(25)28/h1-16,28H,17-18H2,(H,33,34). The minimum Gasteiger partial charge on any atom is -0.272 e. The van der Waals surface area contributed by atoms with Crippen molar-refractivity contribution in [2.75, 3.05) is 0 Å². The fraction of sp³-hybridized carbons (Fsp3) is 0.103. The second-order valence-corrected chi connectivity index (χ2v) is 9.24. The first kappa shape index (κ1) is 22.4. The molecule has 1 amide bonds. The van der Waals surface area contributed by atoms with Crippen molar-refractivity contribution in [3.05, 3.63) is 129 Å². The first-order chi connectivity index (χ1) is 16.6. The molecule has 1 N–H and O–H groups in total. The highest BCUT2D eigenvalue weighted by molar-refractivity contribution is 6.30. The van der Waals surface area contributed by atoms with Gasteiger partial charge in [-0.1, -0.05) is 96.0 Å². The van der Waals surface area contributed by atoms with E-state index in [9.17, 15) is 4.79 Å².